The molecule has 36 heavy (non-hydrogen) atoms. The summed E-state index contributed by atoms with van der Waals surface area (Å²) in [5, 5.41) is 7.42. The van der Waals surface area contributed by atoms with Gasteiger partial charge in [-0.3, -0.25) is 4.79 Å². The number of pyridine rings is 1. The highest BCUT2D eigenvalue weighted by Crippen LogP contribution is 2.44. The molecule has 0 radical (unpaired) electrons. The molecule has 5 rings (SSSR count). The second-order valence-electron chi connectivity index (χ2n) is 8.55. The number of allylic oxidation sites excluding steroid dienone is 1. The Hall–Kier alpha value is -3.98. The van der Waals surface area contributed by atoms with Crippen LogP contribution in [0.15, 0.2) is 78.1 Å². The third-order valence-corrected chi connectivity index (χ3v) is 7.48. The molecule has 9 heteroatoms. The second-order valence-corrected chi connectivity index (χ2v) is 9.88. The van der Waals surface area contributed by atoms with Crippen LogP contribution >= 0.6 is 11.8 Å². The van der Waals surface area contributed by atoms with Gasteiger partial charge in [0.15, 0.2) is 0 Å². The van der Waals surface area contributed by atoms with Gasteiger partial charge in [-0.1, -0.05) is 24.3 Å². The number of thioether (sulfide) groups is 1. The predicted octanol–water partition coefficient (Wildman–Crippen LogP) is 5.41. The monoisotopic (exact) mass is 500 g/mol. The summed E-state index contributed by atoms with van der Waals surface area (Å²) < 4.78 is 13.2. The van der Waals surface area contributed by atoms with Gasteiger partial charge in [0.1, 0.15) is 23.8 Å². The zero-order valence-corrected chi connectivity index (χ0v) is 20.4. The molecule has 0 aliphatic carbocycles. The Morgan fingerprint density at radius 1 is 1.17 bits per heavy atom. The molecule has 2 aromatic heterocycles. The Labute approximate surface area is 212 Å². The highest BCUT2D eigenvalue weighted by Gasteiger charge is 2.21. The first-order valence-electron chi connectivity index (χ1n) is 11.6. The molecule has 1 amide bonds. The van der Waals surface area contributed by atoms with Crippen molar-refractivity contribution >= 4 is 40.2 Å². The van der Waals surface area contributed by atoms with Crippen LogP contribution in [0.3, 0.4) is 0 Å². The van der Waals surface area contributed by atoms with Gasteiger partial charge >= 0.3 is 0 Å². The van der Waals surface area contributed by atoms with E-state index in [1.165, 1.54) is 28.9 Å². The Balaban J connectivity index is 1.22. The summed E-state index contributed by atoms with van der Waals surface area (Å²) in [6.45, 7) is 2.42. The number of nitrogens with two attached hydrogens (primary N) is 1. The molecule has 1 aliphatic heterocycles. The van der Waals surface area contributed by atoms with Gasteiger partial charge in [-0.05, 0) is 60.9 Å². The lowest BCUT2D eigenvalue weighted by molar-refractivity contribution is 0.0940. The summed E-state index contributed by atoms with van der Waals surface area (Å²) in [5.74, 6) is 0.441. The predicted molar refractivity (Wildman–Crippen MR) is 142 cm³/mol. The number of nitrogens with one attached hydrogen (secondary N) is 2. The number of halogens is 1. The molecule has 2 aromatic carbocycles. The van der Waals surface area contributed by atoms with Gasteiger partial charge in [0.2, 0.25) is 0 Å². The topological polar surface area (TPSA) is 106 Å². The van der Waals surface area contributed by atoms with Crippen LogP contribution in [0.1, 0.15) is 46.1 Å². The number of hydrogen-bond donors (Lipinski definition) is 3. The van der Waals surface area contributed by atoms with Crippen LogP contribution in [0.25, 0.3) is 10.9 Å². The van der Waals surface area contributed by atoms with Gasteiger partial charge in [0.05, 0.1) is 17.1 Å². The highest BCUT2D eigenvalue weighted by atomic mass is 32.2. The first-order chi connectivity index (χ1) is 17.5. The van der Waals surface area contributed by atoms with Crippen molar-refractivity contribution < 1.29 is 9.18 Å². The van der Waals surface area contributed by atoms with Crippen molar-refractivity contribution in [3.63, 3.8) is 0 Å². The quantitative estimate of drug-likeness (QED) is 0.311. The van der Waals surface area contributed by atoms with Gasteiger partial charge in [-0.15, -0.1) is 11.8 Å². The Morgan fingerprint density at radius 2 is 2.00 bits per heavy atom. The van der Waals surface area contributed by atoms with Crippen molar-refractivity contribution in [3.8, 4) is 0 Å². The molecule has 1 aliphatic rings. The van der Waals surface area contributed by atoms with E-state index >= 15 is 0 Å². The molecule has 0 fully saturated rings. The minimum atomic E-state index is -0.309. The van der Waals surface area contributed by atoms with Gasteiger partial charge in [0, 0.05) is 28.3 Å². The SMILES string of the molecule is C[C@@H](NC(=O)c1cccnc1NCC1=CCC(c2ccc3ncnc(N)c3c2)S1)c1ccc(F)cc1. The van der Waals surface area contributed by atoms with E-state index in [4.69, 9.17) is 5.73 Å². The lowest BCUT2D eigenvalue weighted by Gasteiger charge is -2.16. The molecule has 0 saturated carbocycles. The average Bonchev–Trinajstić information content (AvgIpc) is 3.37. The highest BCUT2D eigenvalue weighted by molar-refractivity contribution is 8.03. The fourth-order valence-electron chi connectivity index (χ4n) is 4.14. The lowest BCUT2D eigenvalue weighted by Crippen LogP contribution is -2.27. The fraction of sp³-hybridized carbons (Fsp3) is 0.185. The molecule has 182 valence electrons. The van der Waals surface area contributed by atoms with Crippen molar-refractivity contribution in [1.82, 2.24) is 20.3 Å². The van der Waals surface area contributed by atoms with Crippen molar-refractivity contribution in [1.29, 1.82) is 0 Å². The number of fused-ring (bicyclic) bond motifs is 1. The van der Waals surface area contributed by atoms with E-state index in [0.29, 0.717) is 23.7 Å². The van der Waals surface area contributed by atoms with Crippen LogP contribution in [-0.2, 0) is 0 Å². The molecular formula is C27H25FN6OS. The van der Waals surface area contributed by atoms with Crippen LogP contribution in [0.2, 0.25) is 0 Å². The minimum Gasteiger partial charge on any atom is -0.383 e. The lowest BCUT2D eigenvalue weighted by atomic mass is 10.1. The molecule has 7 nitrogen and oxygen atoms in total. The molecule has 0 spiro atoms. The smallest absolute Gasteiger partial charge is 0.255 e. The third-order valence-electron chi connectivity index (χ3n) is 6.12. The summed E-state index contributed by atoms with van der Waals surface area (Å²) in [5.41, 5.74) is 9.32. The van der Waals surface area contributed by atoms with Gasteiger partial charge < -0.3 is 16.4 Å². The number of hydrogen-bond acceptors (Lipinski definition) is 7. The van der Waals surface area contributed by atoms with Crippen LogP contribution in [0, 0.1) is 5.82 Å². The number of aromatic nitrogens is 3. The number of anilines is 2. The van der Waals surface area contributed by atoms with Crippen LogP contribution < -0.4 is 16.4 Å². The van der Waals surface area contributed by atoms with Crippen molar-refractivity contribution in [3.05, 3.63) is 101 Å². The number of nitrogens with zero attached hydrogens (tertiary/aromatic N) is 3. The molecule has 1 unspecified atom stereocenters. The summed E-state index contributed by atoms with van der Waals surface area (Å²) in [7, 11) is 0. The zero-order valence-electron chi connectivity index (χ0n) is 19.6. The number of rotatable bonds is 7. The van der Waals surface area contributed by atoms with E-state index in [2.05, 4.69) is 43.8 Å². The van der Waals surface area contributed by atoms with Crippen LogP contribution in [-0.4, -0.2) is 27.4 Å². The maximum Gasteiger partial charge on any atom is 0.255 e. The van der Waals surface area contributed by atoms with E-state index in [1.54, 1.807) is 42.2 Å². The van der Waals surface area contributed by atoms with E-state index in [0.717, 1.165) is 22.9 Å². The Morgan fingerprint density at radius 3 is 2.83 bits per heavy atom. The Kier molecular flexibility index (Phi) is 6.81. The maximum atomic E-state index is 13.2. The summed E-state index contributed by atoms with van der Waals surface area (Å²) in [4.78, 5) is 26.9. The number of amides is 1. The van der Waals surface area contributed by atoms with E-state index in [9.17, 15) is 9.18 Å². The van der Waals surface area contributed by atoms with Gasteiger partial charge in [-0.25, -0.2) is 19.3 Å². The number of carbonyl (C=O) groups excluding carboxylic acids is 1. The number of carbonyl (C=O) groups is 1. The molecule has 0 saturated heterocycles. The maximum absolute atomic E-state index is 13.2. The van der Waals surface area contributed by atoms with Gasteiger partial charge in [-0.2, -0.15) is 0 Å². The number of nitrogen functional groups attached to an aromatic ring is 1. The fourth-order valence-corrected chi connectivity index (χ4v) is 5.33. The summed E-state index contributed by atoms with van der Waals surface area (Å²) >= 11 is 1.78. The molecule has 4 aromatic rings. The van der Waals surface area contributed by atoms with Crippen LogP contribution in [0.5, 0.6) is 0 Å². The van der Waals surface area contributed by atoms with Crippen molar-refractivity contribution in [2.75, 3.05) is 17.6 Å². The third kappa shape index (κ3) is 5.16. The Bertz CT molecular complexity index is 1440. The molecule has 0 bridgehead atoms. The zero-order chi connectivity index (χ0) is 25.1. The molecular weight excluding hydrogens is 475 g/mol. The molecule has 3 heterocycles. The van der Waals surface area contributed by atoms with E-state index < -0.39 is 0 Å². The second kappa shape index (κ2) is 10.3. The average molecular weight is 501 g/mol. The molecule has 4 N–H and O–H groups in total. The van der Waals surface area contributed by atoms with Crippen molar-refractivity contribution in [2.45, 2.75) is 24.6 Å². The minimum absolute atomic E-state index is 0.246. The summed E-state index contributed by atoms with van der Waals surface area (Å²) in [6.07, 6.45) is 6.23. The largest absolute Gasteiger partial charge is 0.383 e. The number of benzene rings is 2. The standard InChI is InChI=1S/C27H25FN6OS/c1-16(17-4-7-19(28)8-5-17)34-27(35)21-3-2-12-30-26(21)31-14-20-9-11-24(36-20)18-6-10-23-22(13-18)25(29)33-15-32-23/h2-10,12-13,15-16,24H,11,14H2,1H3,(H,30,31)(H,34,35)(H2,29,32,33)/t16-,24?/m1/s1. The first-order valence-corrected chi connectivity index (χ1v) is 12.5. The normalized spacial score (nSPS) is 15.9. The first kappa shape index (κ1) is 23.7. The summed E-state index contributed by atoms with van der Waals surface area (Å²) in [6, 6.07) is 15.4. The van der Waals surface area contributed by atoms with Crippen LogP contribution in [0.4, 0.5) is 16.0 Å². The van der Waals surface area contributed by atoms with E-state index in [1.807, 2.05) is 13.0 Å². The van der Waals surface area contributed by atoms with Gasteiger partial charge in [0.25, 0.3) is 5.91 Å². The van der Waals surface area contributed by atoms with E-state index in [-0.39, 0.29) is 23.0 Å². The molecule has 2 atom stereocenters. The van der Waals surface area contributed by atoms with Crippen molar-refractivity contribution in [2.24, 2.45) is 0 Å².